The molecule has 2 aromatic rings. The Bertz CT molecular complexity index is 772. The first-order valence-electron chi connectivity index (χ1n) is 14.9. The van der Waals surface area contributed by atoms with Crippen molar-refractivity contribution < 1.29 is 3.50 Å². The van der Waals surface area contributed by atoms with Gasteiger partial charge in [-0.2, -0.15) is 0 Å². The van der Waals surface area contributed by atoms with Gasteiger partial charge in [0.1, 0.15) is 0 Å². The van der Waals surface area contributed by atoms with Gasteiger partial charge in [-0.25, -0.2) is 0 Å². The van der Waals surface area contributed by atoms with E-state index < -0.39 is 15.3 Å². The van der Waals surface area contributed by atoms with Crippen molar-refractivity contribution >= 4 is 26.6 Å². The molecule has 0 spiro atoms. The first-order valence-corrected chi connectivity index (χ1v) is 18.0. The van der Waals surface area contributed by atoms with Crippen LogP contribution in [0.15, 0.2) is 60.7 Å². The molecule has 0 aliphatic heterocycles. The number of halogens is 1. The topological polar surface area (TPSA) is 3.24 Å². The van der Waals surface area contributed by atoms with E-state index in [1.807, 2.05) is 47.3 Å². The summed E-state index contributed by atoms with van der Waals surface area (Å²) >= 11 is -3.39. The van der Waals surface area contributed by atoms with Gasteiger partial charge in [-0.15, -0.1) is 0 Å². The Morgan fingerprint density at radius 3 is 1.44 bits per heavy atom. The molecule has 2 rings (SSSR count). The fourth-order valence-electron chi connectivity index (χ4n) is 5.28. The molecule has 0 heterocycles. The van der Waals surface area contributed by atoms with Crippen LogP contribution in [0.5, 0.6) is 0 Å². The summed E-state index contributed by atoms with van der Waals surface area (Å²) in [6.07, 6.45) is 21.9. The fourth-order valence-corrected chi connectivity index (χ4v) is 9.47. The molecule has 0 fully saturated rings. The van der Waals surface area contributed by atoms with Crippen LogP contribution in [-0.4, -0.2) is 35.9 Å². The number of unbranched alkanes of at least 4 members (excludes halogenated alkanes) is 15. The second-order valence-corrected chi connectivity index (χ2v) is 16.2. The van der Waals surface area contributed by atoms with Crippen LogP contribution in [0.3, 0.4) is 0 Å². The van der Waals surface area contributed by atoms with Crippen molar-refractivity contribution in [2.75, 3.05) is 24.5 Å². The van der Waals surface area contributed by atoms with Crippen LogP contribution in [0.1, 0.15) is 110 Å². The number of para-hydroxylation sites is 2. The number of quaternary nitrogens is 1. The molecule has 0 radical (unpaired) electrons. The van der Waals surface area contributed by atoms with Gasteiger partial charge < -0.3 is 0 Å². The van der Waals surface area contributed by atoms with Crippen LogP contribution in [-0.2, 0) is 0 Å². The third kappa shape index (κ3) is 11.4. The van der Waals surface area contributed by atoms with E-state index in [9.17, 15) is 0 Å². The third-order valence-electron chi connectivity index (χ3n) is 7.78. The Morgan fingerprint density at radius 2 is 1.00 bits per heavy atom. The number of benzene rings is 2. The minimum absolute atomic E-state index is 0.470. The molecule has 0 aromatic heterocycles. The van der Waals surface area contributed by atoms with Gasteiger partial charge in [0.15, 0.2) is 0 Å². The average Bonchev–Trinajstić information content (AvgIpc) is 2.92. The third-order valence-corrected chi connectivity index (χ3v) is 12.9. The molecular formula is C32H54FGeN2+. The van der Waals surface area contributed by atoms with Gasteiger partial charge in [-0.05, 0) is 0 Å². The van der Waals surface area contributed by atoms with Gasteiger partial charge in [-0.1, -0.05) is 45.4 Å². The van der Waals surface area contributed by atoms with Crippen LogP contribution in [0.4, 0.5) is 14.9 Å². The van der Waals surface area contributed by atoms with Crippen molar-refractivity contribution in [3.63, 3.8) is 0 Å². The van der Waals surface area contributed by atoms with E-state index in [0.29, 0.717) is 3.44 Å². The molecule has 0 saturated carbocycles. The molecule has 202 valence electrons. The summed E-state index contributed by atoms with van der Waals surface area (Å²) in [5.41, 5.74) is 2.12. The summed E-state index contributed by atoms with van der Waals surface area (Å²) in [4.78, 5) is 0. The summed E-state index contributed by atoms with van der Waals surface area (Å²) in [5, 5.41) is 0. The minimum atomic E-state index is -3.39. The van der Waals surface area contributed by atoms with E-state index in [-0.39, 0.29) is 0 Å². The summed E-state index contributed by atoms with van der Waals surface area (Å²) in [5.74, 6) is 0. The zero-order chi connectivity index (χ0) is 25.9. The number of rotatable bonds is 21. The molecule has 0 bridgehead atoms. The number of nitrogens with zero attached hydrogens (tertiary/aromatic N) is 2. The molecule has 36 heavy (non-hydrogen) atoms. The molecule has 0 saturated heterocycles. The summed E-state index contributed by atoms with van der Waals surface area (Å²) in [6, 6.07) is 20.4. The average molecular weight is 558 g/mol. The van der Waals surface area contributed by atoms with Crippen molar-refractivity contribution in [3.8, 4) is 0 Å². The molecule has 2 unspecified atom stereocenters. The predicted octanol–water partition coefficient (Wildman–Crippen LogP) is 9.71. The van der Waals surface area contributed by atoms with Crippen LogP contribution < -0.4 is 7.30 Å². The fraction of sp³-hybridized carbons (Fsp3) is 0.625. The van der Waals surface area contributed by atoms with Crippen molar-refractivity contribution in [1.29, 1.82) is 0 Å². The second-order valence-electron chi connectivity index (χ2n) is 10.9. The summed E-state index contributed by atoms with van der Waals surface area (Å²) in [6.45, 7) is 3.18. The van der Waals surface area contributed by atoms with Crippen molar-refractivity contribution in [2.45, 2.75) is 110 Å². The second kappa shape index (κ2) is 18.8. The predicted molar refractivity (Wildman–Crippen MR) is 162 cm³/mol. The number of hydrogen-bond donors (Lipinski definition) is 0. The summed E-state index contributed by atoms with van der Waals surface area (Å²) in [7, 11) is 4.08. The van der Waals surface area contributed by atoms with E-state index >= 15 is 3.50 Å². The van der Waals surface area contributed by atoms with Crippen LogP contribution in [0.25, 0.3) is 0 Å². The Morgan fingerprint density at radius 1 is 0.611 bits per heavy atom. The van der Waals surface area contributed by atoms with Crippen LogP contribution >= 0.6 is 0 Å². The molecule has 2 atom stereocenters. The number of hydrogen-bond acceptors (Lipinski definition) is 1. The molecular weight excluding hydrogens is 504 g/mol. The molecule has 0 aliphatic carbocycles. The van der Waals surface area contributed by atoms with Crippen molar-refractivity contribution in [1.82, 2.24) is 3.44 Å². The van der Waals surface area contributed by atoms with Gasteiger partial charge >= 0.3 is 183 Å². The standard InChI is InChI=1S/C32H54FGeN2/c1-4-5-6-7-8-9-10-11-12-13-14-15-16-17-18-25-30-36(3,32-28-23-20-24-29-32)34(33)35(2)31-26-21-19-22-27-31/h19-24,26-29,34H,4-18,25,30H2,1-3H3/q+1. The van der Waals surface area contributed by atoms with E-state index in [1.165, 1.54) is 96.3 Å². The Kier molecular flexibility index (Phi) is 16.2. The van der Waals surface area contributed by atoms with E-state index in [4.69, 9.17) is 0 Å². The first kappa shape index (κ1) is 30.9. The van der Waals surface area contributed by atoms with Gasteiger partial charge in [0, 0.05) is 0 Å². The number of anilines is 1. The molecule has 4 heteroatoms. The summed E-state index contributed by atoms with van der Waals surface area (Å²) < 4.78 is 18.6. The SMILES string of the molecule is CCCCCCCCCCCCCCCCCC[N+](C)(c1ccccc1)[GeH]([F])[N](C)c1ccccc1. The van der Waals surface area contributed by atoms with Gasteiger partial charge in [0.25, 0.3) is 0 Å². The van der Waals surface area contributed by atoms with Crippen LogP contribution in [0, 0.1) is 0 Å². The van der Waals surface area contributed by atoms with Crippen molar-refractivity contribution in [3.05, 3.63) is 60.7 Å². The molecule has 2 nitrogen and oxygen atoms in total. The van der Waals surface area contributed by atoms with E-state index in [0.717, 1.165) is 24.3 Å². The zero-order valence-electron chi connectivity index (χ0n) is 23.6. The zero-order valence-corrected chi connectivity index (χ0v) is 26.1. The van der Waals surface area contributed by atoms with Gasteiger partial charge in [0.05, 0.1) is 0 Å². The van der Waals surface area contributed by atoms with E-state index in [2.05, 4.69) is 38.2 Å². The van der Waals surface area contributed by atoms with Crippen LogP contribution in [0.2, 0.25) is 0 Å². The monoisotopic (exact) mass is 559 g/mol. The molecule has 0 amide bonds. The first-order chi connectivity index (χ1) is 17.6. The normalized spacial score (nSPS) is 13.9. The van der Waals surface area contributed by atoms with E-state index in [1.54, 1.807) is 0 Å². The maximum atomic E-state index is 16.2. The van der Waals surface area contributed by atoms with Gasteiger partial charge in [-0.3, -0.25) is 0 Å². The Hall–Kier alpha value is -1.33. The Labute approximate surface area is 227 Å². The maximum absolute atomic E-state index is 16.2. The molecule has 0 aliphatic rings. The molecule has 2 aromatic carbocycles. The molecule has 0 N–H and O–H groups in total. The quantitative estimate of drug-likeness (QED) is 0.109. The van der Waals surface area contributed by atoms with Crippen molar-refractivity contribution in [2.24, 2.45) is 0 Å². The van der Waals surface area contributed by atoms with Gasteiger partial charge in [0.2, 0.25) is 0 Å². The Balaban J connectivity index is 1.63.